The van der Waals surface area contributed by atoms with Crippen molar-refractivity contribution in [2.45, 2.75) is 37.6 Å². The number of rotatable bonds is 7. The molecule has 0 aliphatic heterocycles. The molecule has 0 spiro atoms. The minimum atomic E-state index is -3.77. The predicted octanol–water partition coefficient (Wildman–Crippen LogP) is 2.86. The second kappa shape index (κ2) is 8.13. The lowest BCUT2D eigenvalue weighted by Gasteiger charge is -2.14. The van der Waals surface area contributed by atoms with Crippen LogP contribution < -0.4 is 15.8 Å². The fourth-order valence-corrected chi connectivity index (χ4v) is 3.69. The third-order valence-corrected chi connectivity index (χ3v) is 5.23. The standard InChI is InChI=1S/C18H23N3O3S/c1-3-7-16(19)18(22)20-15-11-10-13(2)17(12-15)25(23,24)21-14-8-5-4-6-9-14/h4-6,8-12,16,21H,3,7,19H2,1-2H3,(H,20,22). The number of aryl methyl sites for hydroxylation is 1. The number of nitrogens with two attached hydrogens (primary N) is 1. The molecule has 0 aliphatic rings. The van der Waals surface area contributed by atoms with Gasteiger partial charge < -0.3 is 11.1 Å². The molecule has 6 nitrogen and oxygen atoms in total. The highest BCUT2D eigenvalue weighted by Crippen LogP contribution is 2.23. The van der Waals surface area contributed by atoms with Gasteiger partial charge >= 0.3 is 0 Å². The van der Waals surface area contributed by atoms with Crippen molar-refractivity contribution in [2.75, 3.05) is 10.0 Å². The summed E-state index contributed by atoms with van der Waals surface area (Å²) in [6.45, 7) is 3.65. The lowest BCUT2D eigenvalue weighted by molar-refractivity contribution is -0.117. The second-order valence-electron chi connectivity index (χ2n) is 5.84. The maximum absolute atomic E-state index is 12.6. The monoisotopic (exact) mass is 361 g/mol. The highest BCUT2D eigenvalue weighted by Gasteiger charge is 2.19. The number of carbonyl (C=O) groups is 1. The molecule has 1 amide bonds. The number of anilines is 2. The van der Waals surface area contributed by atoms with Gasteiger partial charge in [-0.15, -0.1) is 0 Å². The van der Waals surface area contributed by atoms with E-state index in [9.17, 15) is 13.2 Å². The Hall–Kier alpha value is -2.38. The number of amides is 1. The normalized spacial score (nSPS) is 12.4. The highest BCUT2D eigenvalue weighted by molar-refractivity contribution is 7.92. The molecule has 0 aliphatic carbocycles. The summed E-state index contributed by atoms with van der Waals surface area (Å²) in [4.78, 5) is 12.1. The van der Waals surface area contributed by atoms with E-state index in [1.165, 1.54) is 6.07 Å². The highest BCUT2D eigenvalue weighted by atomic mass is 32.2. The third kappa shape index (κ3) is 5.04. The van der Waals surface area contributed by atoms with E-state index in [2.05, 4.69) is 10.0 Å². The Morgan fingerprint density at radius 1 is 1.12 bits per heavy atom. The number of benzene rings is 2. The molecule has 1 unspecified atom stereocenters. The van der Waals surface area contributed by atoms with Gasteiger partial charge in [0.15, 0.2) is 0 Å². The van der Waals surface area contributed by atoms with Crippen LogP contribution in [0.1, 0.15) is 25.3 Å². The molecular weight excluding hydrogens is 338 g/mol. The molecule has 0 heterocycles. The van der Waals surface area contributed by atoms with E-state index in [1.54, 1.807) is 49.4 Å². The topological polar surface area (TPSA) is 101 Å². The van der Waals surface area contributed by atoms with Crippen molar-refractivity contribution in [3.8, 4) is 0 Å². The number of para-hydroxylation sites is 1. The van der Waals surface area contributed by atoms with E-state index < -0.39 is 16.1 Å². The predicted molar refractivity (Wildman–Crippen MR) is 99.9 cm³/mol. The quantitative estimate of drug-likeness (QED) is 0.706. The van der Waals surface area contributed by atoms with Crippen LogP contribution in [0.4, 0.5) is 11.4 Å². The fourth-order valence-electron chi connectivity index (χ4n) is 2.36. The first-order valence-electron chi connectivity index (χ1n) is 8.08. The molecular formula is C18H23N3O3S. The van der Waals surface area contributed by atoms with Crippen LogP contribution >= 0.6 is 0 Å². The van der Waals surface area contributed by atoms with E-state index in [1.807, 2.05) is 6.92 Å². The second-order valence-corrected chi connectivity index (χ2v) is 7.49. The molecule has 4 N–H and O–H groups in total. The maximum Gasteiger partial charge on any atom is 0.262 e. The van der Waals surface area contributed by atoms with Crippen LogP contribution in [0.5, 0.6) is 0 Å². The smallest absolute Gasteiger partial charge is 0.262 e. The van der Waals surface area contributed by atoms with Crippen LogP contribution in [0.3, 0.4) is 0 Å². The Labute approximate surface area is 148 Å². The number of hydrogen-bond acceptors (Lipinski definition) is 4. The zero-order valence-electron chi connectivity index (χ0n) is 14.3. The van der Waals surface area contributed by atoms with Crippen molar-refractivity contribution in [3.05, 3.63) is 54.1 Å². The Morgan fingerprint density at radius 3 is 2.44 bits per heavy atom. The SMILES string of the molecule is CCCC(N)C(=O)Nc1ccc(C)c(S(=O)(=O)Nc2ccccc2)c1. The largest absolute Gasteiger partial charge is 0.325 e. The zero-order valence-corrected chi connectivity index (χ0v) is 15.1. The number of sulfonamides is 1. The van der Waals surface area contributed by atoms with Crippen LogP contribution in [-0.2, 0) is 14.8 Å². The van der Waals surface area contributed by atoms with Gasteiger partial charge in [-0.3, -0.25) is 9.52 Å². The Morgan fingerprint density at radius 2 is 1.80 bits per heavy atom. The van der Waals surface area contributed by atoms with Gasteiger partial charge in [-0.2, -0.15) is 0 Å². The van der Waals surface area contributed by atoms with Crippen LogP contribution in [0, 0.1) is 6.92 Å². The number of hydrogen-bond donors (Lipinski definition) is 3. The Kier molecular flexibility index (Phi) is 6.17. The number of carbonyl (C=O) groups excluding carboxylic acids is 1. The van der Waals surface area contributed by atoms with Crippen LogP contribution in [0.25, 0.3) is 0 Å². The summed E-state index contributed by atoms with van der Waals surface area (Å²) in [7, 11) is -3.77. The fraction of sp³-hybridized carbons (Fsp3) is 0.278. The van der Waals surface area contributed by atoms with Crippen molar-refractivity contribution < 1.29 is 13.2 Å². The van der Waals surface area contributed by atoms with Crippen molar-refractivity contribution in [3.63, 3.8) is 0 Å². The molecule has 25 heavy (non-hydrogen) atoms. The molecule has 0 aromatic heterocycles. The van der Waals surface area contributed by atoms with E-state index >= 15 is 0 Å². The zero-order chi connectivity index (χ0) is 18.4. The summed E-state index contributed by atoms with van der Waals surface area (Å²) in [6, 6.07) is 12.8. The molecule has 2 aromatic rings. The molecule has 2 rings (SSSR count). The first-order valence-corrected chi connectivity index (χ1v) is 9.56. The minimum absolute atomic E-state index is 0.109. The lowest BCUT2D eigenvalue weighted by Crippen LogP contribution is -2.35. The molecule has 0 saturated heterocycles. The van der Waals surface area contributed by atoms with Gasteiger partial charge in [0.25, 0.3) is 10.0 Å². The van der Waals surface area contributed by atoms with Crippen LogP contribution in [0.15, 0.2) is 53.4 Å². The summed E-state index contributed by atoms with van der Waals surface area (Å²) < 4.78 is 27.8. The maximum atomic E-state index is 12.6. The van der Waals surface area contributed by atoms with E-state index in [0.29, 0.717) is 23.4 Å². The van der Waals surface area contributed by atoms with Gasteiger partial charge in [0.1, 0.15) is 0 Å². The number of nitrogens with one attached hydrogen (secondary N) is 2. The average molecular weight is 361 g/mol. The summed E-state index contributed by atoms with van der Waals surface area (Å²) >= 11 is 0. The third-order valence-electron chi connectivity index (χ3n) is 3.71. The molecule has 0 radical (unpaired) electrons. The Balaban J connectivity index is 2.25. The van der Waals surface area contributed by atoms with E-state index in [-0.39, 0.29) is 10.8 Å². The molecule has 1 atom stereocenters. The van der Waals surface area contributed by atoms with Gasteiger partial charge in [-0.05, 0) is 43.2 Å². The van der Waals surface area contributed by atoms with E-state index in [4.69, 9.17) is 5.73 Å². The lowest BCUT2D eigenvalue weighted by atomic mass is 10.1. The van der Waals surface area contributed by atoms with Gasteiger partial charge in [-0.25, -0.2) is 8.42 Å². The molecule has 134 valence electrons. The summed E-state index contributed by atoms with van der Waals surface area (Å²) in [5, 5.41) is 2.67. The summed E-state index contributed by atoms with van der Waals surface area (Å²) in [5.41, 5.74) is 7.24. The van der Waals surface area contributed by atoms with Crippen molar-refractivity contribution in [1.82, 2.24) is 0 Å². The minimum Gasteiger partial charge on any atom is -0.325 e. The summed E-state index contributed by atoms with van der Waals surface area (Å²) in [6.07, 6.45) is 1.36. The summed E-state index contributed by atoms with van der Waals surface area (Å²) in [5.74, 6) is -0.329. The first-order chi connectivity index (χ1) is 11.8. The molecule has 2 aromatic carbocycles. The Bertz CT molecular complexity index is 836. The van der Waals surface area contributed by atoms with Crippen molar-refractivity contribution in [2.24, 2.45) is 5.73 Å². The molecule has 0 saturated carbocycles. The molecule has 0 bridgehead atoms. The van der Waals surface area contributed by atoms with Gasteiger partial charge in [0.2, 0.25) is 5.91 Å². The average Bonchev–Trinajstić information content (AvgIpc) is 2.57. The molecule has 0 fully saturated rings. The van der Waals surface area contributed by atoms with Gasteiger partial charge in [0.05, 0.1) is 10.9 Å². The van der Waals surface area contributed by atoms with Crippen LogP contribution in [-0.4, -0.2) is 20.4 Å². The van der Waals surface area contributed by atoms with Crippen molar-refractivity contribution >= 4 is 27.3 Å². The first kappa shape index (κ1) is 19.0. The van der Waals surface area contributed by atoms with Gasteiger partial charge in [0, 0.05) is 11.4 Å². The van der Waals surface area contributed by atoms with E-state index in [0.717, 1.165) is 6.42 Å². The van der Waals surface area contributed by atoms with Gasteiger partial charge in [-0.1, -0.05) is 37.6 Å². The van der Waals surface area contributed by atoms with Crippen LogP contribution in [0.2, 0.25) is 0 Å². The molecule has 7 heteroatoms. The van der Waals surface area contributed by atoms with Crippen molar-refractivity contribution in [1.29, 1.82) is 0 Å².